The average molecular weight is 315 g/mol. The Morgan fingerprint density at radius 1 is 1.38 bits per heavy atom. The van der Waals surface area contributed by atoms with Gasteiger partial charge in [-0.15, -0.1) is 13.9 Å². The summed E-state index contributed by atoms with van der Waals surface area (Å²) in [6, 6.07) is 4.18. The molecule has 0 unspecified atom stereocenters. The van der Waals surface area contributed by atoms with Crippen LogP contribution in [0.25, 0.3) is 11.4 Å². The Bertz CT molecular complexity index is 707. The summed E-state index contributed by atoms with van der Waals surface area (Å²) < 4.78 is 34.4. The second-order valence-corrected chi connectivity index (χ2v) is 4.92. The third kappa shape index (κ3) is 2.89. The number of fused-ring (bicyclic) bond motifs is 1. The molecule has 0 saturated heterocycles. The molecule has 1 aromatic carbocycles. The number of alkyl halides is 2. The monoisotopic (exact) mass is 315 g/mol. The Morgan fingerprint density at radius 2 is 2.14 bits per heavy atom. The third-order valence-electron chi connectivity index (χ3n) is 2.46. The maximum absolute atomic E-state index is 12.9. The van der Waals surface area contributed by atoms with E-state index in [0.29, 0.717) is 11.4 Å². The molecule has 0 spiro atoms. The number of hydrogen-bond donors (Lipinski definition) is 2. The minimum atomic E-state index is -3.68. The molecule has 110 valence electrons. The van der Waals surface area contributed by atoms with Gasteiger partial charge in [0.1, 0.15) is 0 Å². The molecule has 21 heavy (non-hydrogen) atoms. The Hall–Kier alpha value is -2.36. The molecular weight excluding hydrogens is 308 g/mol. The van der Waals surface area contributed by atoms with Crippen molar-refractivity contribution in [3.05, 3.63) is 18.2 Å². The van der Waals surface area contributed by atoms with E-state index >= 15 is 0 Å². The number of benzene rings is 1. The average Bonchev–Trinajstić information content (AvgIpc) is 2.97. The molecule has 0 saturated carbocycles. The Balaban J connectivity index is 1.81. The summed E-state index contributed by atoms with van der Waals surface area (Å²) in [5.74, 6) is -1.02. The van der Waals surface area contributed by atoms with Crippen LogP contribution < -0.4 is 9.47 Å². The first-order chi connectivity index (χ1) is 9.93. The zero-order valence-corrected chi connectivity index (χ0v) is 11.0. The number of ether oxygens (including phenoxy) is 2. The molecule has 0 fully saturated rings. The van der Waals surface area contributed by atoms with Crippen LogP contribution >= 0.6 is 11.8 Å². The predicted octanol–water partition coefficient (Wildman–Crippen LogP) is 1.97. The predicted molar refractivity (Wildman–Crippen MR) is 66.4 cm³/mol. The standard InChI is InChI=1S/C11H7F2N3O4S/c12-11(13)19-6-2-1-5(3-7(6)20-11)9-14-10(16-15-9)21-4-8(17)18/h1-3H,4H2,(H,17,18)(H,14,15,16). The van der Waals surface area contributed by atoms with Gasteiger partial charge in [0.25, 0.3) is 0 Å². The summed E-state index contributed by atoms with van der Waals surface area (Å²) in [5.41, 5.74) is 0.463. The van der Waals surface area contributed by atoms with Gasteiger partial charge in [0.05, 0.1) is 5.75 Å². The van der Waals surface area contributed by atoms with Crippen LogP contribution in [0, 0.1) is 0 Å². The highest BCUT2D eigenvalue weighted by molar-refractivity contribution is 7.99. The van der Waals surface area contributed by atoms with E-state index in [1.165, 1.54) is 18.2 Å². The molecule has 1 aliphatic rings. The summed E-state index contributed by atoms with van der Waals surface area (Å²) in [5, 5.41) is 15.2. The van der Waals surface area contributed by atoms with Crippen LogP contribution in [-0.4, -0.2) is 38.3 Å². The largest absolute Gasteiger partial charge is 0.586 e. The van der Waals surface area contributed by atoms with E-state index in [2.05, 4.69) is 24.7 Å². The lowest BCUT2D eigenvalue weighted by Crippen LogP contribution is -2.25. The number of carboxylic acids is 1. The zero-order chi connectivity index (χ0) is 15.0. The molecule has 3 rings (SSSR count). The van der Waals surface area contributed by atoms with Crippen molar-refractivity contribution in [3.8, 4) is 22.9 Å². The van der Waals surface area contributed by atoms with Crippen LogP contribution in [0.2, 0.25) is 0 Å². The highest BCUT2D eigenvalue weighted by Gasteiger charge is 2.43. The second-order valence-electron chi connectivity index (χ2n) is 3.98. The van der Waals surface area contributed by atoms with Crippen molar-refractivity contribution in [1.29, 1.82) is 0 Å². The number of aliphatic carboxylic acids is 1. The van der Waals surface area contributed by atoms with Crippen molar-refractivity contribution >= 4 is 17.7 Å². The number of nitrogens with zero attached hydrogens (tertiary/aromatic N) is 2. The van der Waals surface area contributed by atoms with E-state index < -0.39 is 12.3 Å². The van der Waals surface area contributed by atoms with Crippen molar-refractivity contribution in [1.82, 2.24) is 15.2 Å². The van der Waals surface area contributed by atoms with Gasteiger partial charge in [-0.1, -0.05) is 11.8 Å². The highest BCUT2D eigenvalue weighted by Crippen LogP contribution is 2.42. The number of aromatic amines is 1. The molecule has 10 heteroatoms. The van der Waals surface area contributed by atoms with Gasteiger partial charge in [-0.3, -0.25) is 9.89 Å². The van der Waals surface area contributed by atoms with Gasteiger partial charge in [0.15, 0.2) is 17.3 Å². The number of nitrogens with one attached hydrogen (secondary N) is 1. The van der Waals surface area contributed by atoms with Gasteiger partial charge in [0.2, 0.25) is 5.16 Å². The van der Waals surface area contributed by atoms with Gasteiger partial charge in [0, 0.05) is 5.56 Å². The number of aromatic nitrogens is 3. The second kappa shape index (κ2) is 4.88. The molecule has 0 atom stereocenters. The van der Waals surface area contributed by atoms with Gasteiger partial charge in [-0.25, -0.2) is 4.98 Å². The highest BCUT2D eigenvalue weighted by atomic mass is 32.2. The number of rotatable bonds is 4. The molecule has 0 bridgehead atoms. The number of carbonyl (C=O) groups is 1. The van der Waals surface area contributed by atoms with Crippen LogP contribution in [0.5, 0.6) is 11.5 Å². The fraction of sp³-hybridized carbons (Fsp3) is 0.182. The molecular formula is C11H7F2N3O4S. The Morgan fingerprint density at radius 3 is 2.90 bits per heavy atom. The molecule has 1 aliphatic heterocycles. The molecule has 0 amide bonds. The fourth-order valence-corrected chi connectivity index (χ4v) is 2.18. The maximum atomic E-state index is 12.9. The Labute approximate surface area is 120 Å². The third-order valence-corrected chi connectivity index (χ3v) is 3.30. The van der Waals surface area contributed by atoms with E-state index in [1.54, 1.807) is 0 Å². The summed E-state index contributed by atoms with van der Waals surface area (Å²) in [7, 11) is 0. The number of carboxylic acid groups (broad SMARTS) is 1. The molecule has 7 nitrogen and oxygen atoms in total. The minimum absolute atomic E-state index is 0.0660. The number of H-pyrrole nitrogens is 1. The van der Waals surface area contributed by atoms with Crippen molar-refractivity contribution in [2.24, 2.45) is 0 Å². The maximum Gasteiger partial charge on any atom is 0.586 e. The van der Waals surface area contributed by atoms with Crippen molar-refractivity contribution < 1.29 is 28.2 Å². The van der Waals surface area contributed by atoms with E-state index in [0.717, 1.165) is 11.8 Å². The molecule has 2 aromatic rings. The molecule has 2 N–H and O–H groups in total. The smallest absolute Gasteiger partial charge is 0.481 e. The lowest BCUT2D eigenvalue weighted by atomic mass is 10.2. The van der Waals surface area contributed by atoms with E-state index in [9.17, 15) is 13.6 Å². The minimum Gasteiger partial charge on any atom is -0.481 e. The summed E-state index contributed by atoms with van der Waals surface area (Å²) in [4.78, 5) is 14.5. The first kappa shape index (κ1) is 13.6. The Kier molecular flexibility index (Phi) is 3.16. The number of halogens is 2. The van der Waals surface area contributed by atoms with Crippen LogP contribution in [-0.2, 0) is 4.79 Å². The first-order valence-electron chi connectivity index (χ1n) is 5.60. The summed E-state index contributed by atoms with van der Waals surface area (Å²) in [6.45, 7) is 0. The van der Waals surface area contributed by atoms with E-state index in [4.69, 9.17) is 5.11 Å². The quantitative estimate of drug-likeness (QED) is 0.832. The lowest BCUT2D eigenvalue weighted by molar-refractivity contribution is -0.286. The lowest BCUT2D eigenvalue weighted by Gasteiger charge is -2.04. The molecule has 0 radical (unpaired) electrons. The van der Waals surface area contributed by atoms with Crippen LogP contribution in [0.15, 0.2) is 23.4 Å². The zero-order valence-electron chi connectivity index (χ0n) is 10.2. The first-order valence-corrected chi connectivity index (χ1v) is 6.59. The van der Waals surface area contributed by atoms with Crippen molar-refractivity contribution in [2.75, 3.05) is 5.75 Å². The van der Waals surface area contributed by atoms with E-state index in [1.807, 2.05) is 0 Å². The number of thioether (sulfide) groups is 1. The van der Waals surface area contributed by atoms with Gasteiger partial charge in [-0.05, 0) is 18.2 Å². The summed E-state index contributed by atoms with van der Waals surface area (Å²) in [6.07, 6.45) is -3.68. The normalized spacial score (nSPS) is 15.1. The summed E-state index contributed by atoms with van der Waals surface area (Å²) >= 11 is 0.940. The molecule has 2 heterocycles. The van der Waals surface area contributed by atoms with Crippen LogP contribution in [0.1, 0.15) is 0 Å². The topological polar surface area (TPSA) is 97.3 Å². The molecule has 0 aliphatic carbocycles. The van der Waals surface area contributed by atoms with Crippen molar-refractivity contribution in [3.63, 3.8) is 0 Å². The van der Waals surface area contributed by atoms with Gasteiger partial charge < -0.3 is 14.6 Å². The van der Waals surface area contributed by atoms with Crippen LogP contribution in [0.4, 0.5) is 8.78 Å². The SMILES string of the molecule is O=C(O)CSc1n[nH]c(-c2ccc3c(c2)OC(F)(F)O3)n1. The van der Waals surface area contributed by atoms with Gasteiger partial charge in [-0.2, -0.15) is 0 Å². The molecule has 1 aromatic heterocycles. The number of hydrogen-bond acceptors (Lipinski definition) is 6. The van der Waals surface area contributed by atoms with E-state index in [-0.39, 0.29) is 22.4 Å². The van der Waals surface area contributed by atoms with Crippen molar-refractivity contribution in [2.45, 2.75) is 11.5 Å². The van der Waals surface area contributed by atoms with Gasteiger partial charge >= 0.3 is 12.3 Å². The fourth-order valence-electron chi connectivity index (χ4n) is 1.66. The van der Waals surface area contributed by atoms with Crippen LogP contribution in [0.3, 0.4) is 0 Å².